The third-order valence-electron chi connectivity index (χ3n) is 4.41. The highest BCUT2D eigenvalue weighted by Crippen LogP contribution is 2.36. The second-order valence-electron chi connectivity index (χ2n) is 7.67. The molecule has 1 aliphatic rings. The van der Waals surface area contributed by atoms with Crippen LogP contribution in [0.1, 0.15) is 47.0 Å². The largest absolute Gasteiger partial charge is 0.480 e. The maximum atomic E-state index is 11.2. The summed E-state index contributed by atoms with van der Waals surface area (Å²) in [5.74, 6) is -0.980. The highest BCUT2D eigenvalue weighted by Gasteiger charge is 2.30. The second-order valence-corrected chi connectivity index (χ2v) is 9.44. The van der Waals surface area contributed by atoms with E-state index in [0.29, 0.717) is 18.5 Å². The number of nitrogens with one attached hydrogen (secondary N) is 1. The number of carbonyl (C=O) groups is 1. The van der Waals surface area contributed by atoms with Crippen molar-refractivity contribution in [3.8, 4) is 0 Å². The van der Waals surface area contributed by atoms with Gasteiger partial charge in [-0.25, -0.2) is 0 Å². The van der Waals surface area contributed by atoms with Crippen LogP contribution in [-0.2, 0) is 14.9 Å². The van der Waals surface area contributed by atoms with Gasteiger partial charge in [0, 0.05) is 17.1 Å². The van der Waals surface area contributed by atoms with E-state index in [1.54, 1.807) is 12.2 Å². The number of aliphatic carboxylic acids is 1. The van der Waals surface area contributed by atoms with Crippen LogP contribution in [0.15, 0.2) is 52.8 Å². The van der Waals surface area contributed by atoms with Crippen LogP contribution in [0.5, 0.6) is 0 Å². The summed E-state index contributed by atoms with van der Waals surface area (Å²) in [6.45, 7) is 10.9. The zero-order valence-electron chi connectivity index (χ0n) is 16.9. The summed E-state index contributed by atoms with van der Waals surface area (Å²) in [5, 5.41) is 11.2. The van der Waals surface area contributed by atoms with E-state index in [0.717, 1.165) is 23.4 Å². The molecule has 0 aromatic heterocycles. The van der Waals surface area contributed by atoms with E-state index in [1.807, 2.05) is 13.0 Å². The highest BCUT2D eigenvalue weighted by molar-refractivity contribution is 7.86. The molecule has 156 valence electrons. The molecule has 1 rings (SSSR count). The number of hydrogen-bond acceptors (Lipinski definition) is 5. The van der Waals surface area contributed by atoms with E-state index in [2.05, 4.69) is 30.7 Å². The Morgan fingerprint density at radius 3 is 2.57 bits per heavy atom. The van der Waals surface area contributed by atoms with Crippen LogP contribution in [0.3, 0.4) is 0 Å². The lowest BCUT2D eigenvalue weighted by Crippen LogP contribution is -2.31. The van der Waals surface area contributed by atoms with Crippen LogP contribution in [0, 0.1) is 5.41 Å². The first-order chi connectivity index (χ1) is 12.9. The van der Waals surface area contributed by atoms with Crippen molar-refractivity contribution in [3.63, 3.8) is 0 Å². The van der Waals surface area contributed by atoms with Crippen LogP contribution in [0.4, 0.5) is 0 Å². The van der Waals surface area contributed by atoms with Gasteiger partial charge in [0.15, 0.2) is 0 Å². The molecule has 0 aromatic rings. The molecule has 0 spiro atoms. The molecule has 1 aliphatic carbocycles. The van der Waals surface area contributed by atoms with Crippen molar-refractivity contribution < 1.29 is 22.9 Å². The Morgan fingerprint density at radius 1 is 1.39 bits per heavy atom. The quantitative estimate of drug-likeness (QED) is 0.304. The van der Waals surface area contributed by atoms with Crippen molar-refractivity contribution in [1.29, 1.82) is 0 Å². The standard InChI is InChI=1S/C20H30N2O5S/c1-6-7-8-16(10-9-14(2)28(25,26)27)22-18-12-20(4,5)11-17(15(18)3)21-13-19(23)24/h6,8-10,14,22H,1,7,11-13H2,2-5H3,(H,23,24)(H,25,26,27)/b10-9-,16-8+,21-17?. The molecule has 28 heavy (non-hydrogen) atoms. The molecule has 0 saturated carbocycles. The van der Waals surface area contributed by atoms with Gasteiger partial charge in [0.25, 0.3) is 10.1 Å². The van der Waals surface area contributed by atoms with E-state index in [1.165, 1.54) is 13.0 Å². The first-order valence-corrected chi connectivity index (χ1v) is 10.5. The van der Waals surface area contributed by atoms with Crippen molar-refractivity contribution in [2.75, 3.05) is 6.54 Å². The number of carboxylic acids is 1. The summed E-state index contributed by atoms with van der Waals surface area (Å²) in [5.41, 5.74) is 3.11. The number of nitrogens with zero attached hydrogens (tertiary/aromatic N) is 1. The smallest absolute Gasteiger partial charge is 0.325 e. The van der Waals surface area contributed by atoms with Crippen molar-refractivity contribution >= 4 is 21.8 Å². The van der Waals surface area contributed by atoms with E-state index in [9.17, 15) is 13.2 Å². The molecule has 7 nitrogen and oxygen atoms in total. The van der Waals surface area contributed by atoms with Gasteiger partial charge in [-0.2, -0.15) is 8.42 Å². The summed E-state index contributed by atoms with van der Waals surface area (Å²) >= 11 is 0. The van der Waals surface area contributed by atoms with E-state index in [-0.39, 0.29) is 12.0 Å². The van der Waals surface area contributed by atoms with Crippen molar-refractivity contribution in [3.05, 3.63) is 47.9 Å². The minimum Gasteiger partial charge on any atom is -0.480 e. The fourth-order valence-electron chi connectivity index (χ4n) is 2.79. The number of carboxylic acid groups (broad SMARTS) is 1. The molecule has 0 aromatic carbocycles. The van der Waals surface area contributed by atoms with Gasteiger partial charge in [0.05, 0.1) is 0 Å². The topological polar surface area (TPSA) is 116 Å². The molecule has 0 radical (unpaired) electrons. The van der Waals surface area contributed by atoms with Crippen molar-refractivity contribution in [1.82, 2.24) is 5.32 Å². The van der Waals surface area contributed by atoms with E-state index >= 15 is 0 Å². The highest BCUT2D eigenvalue weighted by atomic mass is 32.2. The summed E-state index contributed by atoms with van der Waals surface area (Å²) in [6.07, 6.45) is 8.57. The fraction of sp³-hybridized carbons (Fsp3) is 0.500. The van der Waals surface area contributed by atoms with Gasteiger partial charge in [-0.05, 0) is 50.2 Å². The average molecular weight is 411 g/mol. The molecule has 0 aliphatic heterocycles. The first kappa shape index (κ1) is 23.8. The molecule has 0 bridgehead atoms. The normalized spacial score (nSPS) is 20.5. The molecule has 0 fully saturated rings. The number of hydrogen-bond donors (Lipinski definition) is 3. The summed E-state index contributed by atoms with van der Waals surface area (Å²) in [4.78, 5) is 15.1. The SMILES string of the molecule is C=CC/C=C(\C=C/C(C)S(=O)(=O)O)NC1=C(C)C(=NCC(=O)O)CC(C)(C)C1. The van der Waals surface area contributed by atoms with Crippen molar-refractivity contribution in [2.45, 2.75) is 52.2 Å². The maximum absolute atomic E-state index is 11.2. The molecule has 1 atom stereocenters. The number of rotatable bonds is 9. The zero-order chi connectivity index (χ0) is 21.5. The summed E-state index contributed by atoms with van der Waals surface area (Å²) in [7, 11) is -4.15. The predicted molar refractivity (Wildman–Crippen MR) is 112 cm³/mol. The van der Waals surface area contributed by atoms with Gasteiger partial charge >= 0.3 is 5.97 Å². The van der Waals surface area contributed by atoms with Crippen LogP contribution in [0.25, 0.3) is 0 Å². The van der Waals surface area contributed by atoms with E-state index < -0.39 is 21.3 Å². The molecule has 1 unspecified atom stereocenters. The van der Waals surface area contributed by atoms with Gasteiger partial charge in [-0.3, -0.25) is 14.3 Å². The molecule has 0 amide bonds. The van der Waals surface area contributed by atoms with Gasteiger partial charge in [-0.15, -0.1) is 6.58 Å². The minimum atomic E-state index is -4.15. The summed E-state index contributed by atoms with van der Waals surface area (Å²) < 4.78 is 31.6. The second kappa shape index (κ2) is 9.84. The van der Waals surface area contributed by atoms with Crippen LogP contribution in [-0.4, -0.2) is 41.6 Å². The monoisotopic (exact) mass is 410 g/mol. The lowest BCUT2D eigenvalue weighted by atomic mass is 9.75. The third kappa shape index (κ3) is 7.82. The Kier molecular flexibility index (Phi) is 8.38. The Hall–Kier alpha value is -2.19. The van der Waals surface area contributed by atoms with Crippen LogP contribution < -0.4 is 5.32 Å². The van der Waals surface area contributed by atoms with Crippen molar-refractivity contribution in [2.24, 2.45) is 10.4 Å². The van der Waals surface area contributed by atoms with E-state index in [4.69, 9.17) is 9.66 Å². The zero-order valence-corrected chi connectivity index (χ0v) is 17.7. The maximum Gasteiger partial charge on any atom is 0.325 e. The lowest BCUT2D eigenvalue weighted by molar-refractivity contribution is -0.135. The fourth-order valence-corrected chi connectivity index (χ4v) is 3.07. The minimum absolute atomic E-state index is 0.103. The predicted octanol–water partition coefficient (Wildman–Crippen LogP) is 3.49. The molecular weight excluding hydrogens is 380 g/mol. The van der Waals surface area contributed by atoms with Crippen LogP contribution in [0.2, 0.25) is 0 Å². The molecule has 3 N–H and O–H groups in total. The number of allylic oxidation sites excluding steroid dienone is 5. The summed E-state index contributed by atoms with van der Waals surface area (Å²) in [6, 6.07) is 0. The van der Waals surface area contributed by atoms with Gasteiger partial charge in [0.2, 0.25) is 0 Å². The van der Waals surface area contributed by atoms with Gasteiger partial charge < -0.3 is 10.4 Å². The Bertz CT molecular complexity index is 833. The number of aliphatic imine (C=N–C) groups is 1. The lowest BCUT2D eigenvalue weighted by Gasteiger charge is -2.34. The molecule has 8 heteroatoms. The first-order valence-electron chi connectivity index (χ1n) is 9.03. The van der Waals surface area contributed by atoms with Gasteiger partial charge in [-0.1, -0.05) is 32.1 Å². The molecule has 0 saturated heterocycles. The van der Waals surface area contributed by atoms with Gasteiger partial charge in [0.1, 0.15) is 11.8 Å². The Labute approximate surface area is 167 Å². The Balaban J connectivity index is 3.21. The Morgan fingerprint density at radius 2 is 2.04 bits per heavy atom. The molecule has 0 heterocycles. The third-order valence-corrected chi connectivity index (χ3v) is 5.51. The average Bonchev–Trinajstić information content (AvgIpc) is 2.57. The molecular formula is C20H30N2O5S. The van der Waals surface area contributed by atoms with Crippen LogP contribution >= 0.6 is 0 Å².